The Hall–Kier alpha value is -2.11. The number of benzene rings is 1. The third-order valence-electron chi connectivity index (χ3n) is 4.83. The molecule has 174 valence electrons. The van der Waals surface area contributed by atoms with Crippen molar-refractivity contribution in [3.63, 3.8) is 0 Å². The van der Waals surface area contributed by atoms with Gasteiger partial charge in [0, 0.05) is 39.8 Å². The molecular formula is C21H33FIN5O3. The van der Waals surface area contributed by atoms with E-state index >= 15 is 0 Å². The first-order valence-corrected chi connectivity index (χ1v) is 10.3. The van der Waals surface area contributed by atoms with E-state index in [1.54, 1.807) is 32.0 Å². The molecule has 0 aliphatic carbocycles. The van der Waals surface area contributed by atoms with Crippen molar-refractivity contribution in [3.05, 3.63) is 35.6 Å². The van der Waals surface area contributed by atoms with E-state index in [4.69, 9.17) is 4.74 Å². The number of ether oxygens (including phenoxy) is 1. The number of guanidine groups is 1. The van der Waals surface area contributed by atoms with Gasteiger partial charge in [-0.25, -0.2) is 14.2 Å². The first kappa shape index (κ1) is 26.9. The monoisotopic (exact) mass is 549 g/mol. The molecule has 0 spiro atoms. The fourth-order valence-electron chi connectivity index (χ4n) is 3.07. The van der Waals surface area contributed by atoms with Gasteiger partial charge in [-0.2, -0.15) is 0 Å². The molecule has 0 unspecified atom stereocenters. The third kappa shape index (κ3) is 9.70. The van der Waals surface area contributed by atoms with Gasteiger partial charge in [0.05, 0.1) is 6.61 Å². The number of hydrogen-bond acceptors (Lipinski definition) is 4. The molecule has 1 aromatic carbocycles. The van der Waals surface area contributed by atoms with Crippen LogP contribution in [0.4, 0.5) is 9.18 Å². The quantitative estimate of drug-likeness (QED) is 0.310. The predicted molar refractivity (Wildman–Crippen MR) is 129 cm³/mol. The Balaban J connectivity index is 0.00000480. The zero-order chi connectivity index (χ0) is 21.9. The van der Waals surface area contributed by atoms with Gasteiger partial charge < -0.3 is 25.2 Å². The van der Waals surface area contributed by atoms with Gasteiger partial charge >= 0.3 is 6.09 Å². The number of piperidine rings is 1. The van der Waals surface area contributed by atoms with Crippen LogP contribution < -0.4 is 10.6 Å². The Labute approximate surface area is 200 Å². The molecule has 0 saturated carbocycles. The maximum Gasteiger partial charge on any atom is 0.409 e. The van der Waals surface area contributed by atoms with E-state index in [2.05, 4.69) is 15.6 Å². The summed E-state index contributed by atoms with van der Waals surface area (Å²) in [6, 6.07) is 6.61. The van der Waals surface area contributed by atoms with Gasteiger partial charge in [0.2, 0.25) is 5.91 Å². The lowest BCUT2D eigenvalue weighted by molar-refractivity contribution is -0.127. The summed E-state index contributed by atoms with van der Waals surface area (Å²) < 4.78 is 18.4. The Morgan fingerprint density at radius 1 is 1.29 bits per heavy atom. The first-order chi connectivity index (χ1) is 14.4. The first-order valence-electron chi connectivity index (χ1n) is 10.3. The van der Waals surface area contributed by atoms with Crippen molar-refractivity contribution in [2.24, 2.45) is 4.99 Å². The maximum atomic E-state index is 13.3. The van der Waals surface area contributed by atoms with Crippen LogP contribution in [0.3, 0.4) is 0 Å². The lowest BCUT2D eigenvalue weighted by Gasteiger charge is -2.32. The molecule has 1 aliphatic rings. The standard InChI is InChI=1S/C21H32FN5O3.HI/c1-4-30-21(29)27-12-9-18(10-13-27)25-20(24-15-19(28)26(2)3)23-11-8-16-6-5-7-17(22)14-16;/h5-7,14,18H,4,8-13,15H2,1-3H3,(H2,23,24,25);1H. The summed E-state index contributed by atoms with van der Waals surface area (Å²) in [6.45, 7) is 3.94. The predicted octanol–water partition coefficient (Wildman–Crippen LogP) is 2.23. The number of nitrogens with one attached hydrogen (secondary N) is 2. The van der Waals surface area contributed by atoms with Crippen molar-refractivity contribution in [1.29, 1.82) is 0 Å². The van der Waals surface area contributed by atoms with Crippen molar-refractivity contribution in [1.82, 2.24) is 20.4 Å². The van der Waals surface area contributed by atoms with Crippen molar-refractivity contribution in [2.75, 3.05) is 46.9 Å². The Bertz CT molecular complexity index is 739. The number of amides is 2. The van der Waals surface area contributed by atoms with Crippen LogP contribution in [-0.4, -0.2) is 80.7 Å². The second-order valence-electron chi connectivity index (χ2n) is 7.36. The highest BCUT2D eigenvalue weighted by Crippen LogP contribution is 2.11. The summed E-state index contributed by atoms with van der Waals surface area (Å²) in [5, 5.41) is 6.58. The zero-order valence-electron chi connectivity index (χ0n) is 18.4. The van der Waals surface area contributed by atoms with E-state index in [1.807, 2.05) is 6.07 Å². The van der Waals surface area contributed by atoms with E-state index in [0.717, 1.165) is 18.4 Å². The molecule has 1 saturated heterocycles. The molecule has 31 heavy (non-hydrogen) atoms. The number of nitrogens with zero attached hydrogens (tertiary/aromatic N) is 3. The number of carbonyl (C=O) groups is 2. The van der Waals surface area contributed by atoms with Crippen LogP contribution in [0.1, 0.15) is 25.3 Å². The summed E-state index contributed by atoms with van der Waals surface area (Å²) in [7, 11) is 3.38. The van der Waals surface area contributed by atoms with Crippen LogP contribution in [0, 0.1) is 5.82 Å². The summed E-state index contributed by atoms with van der Waals surface area (Å²) in [6.07, 6.45) is 1.85. The lowest BCUT2D eigenvalue weighted by atomic mass is 10.1. The summed E-state index contributed by atoms with van der Waals surface area (Å²) in [5.41, 5.74) is 0.883. The van der Waals surface area contributed by atoms with E-state index in [1.165, 1.54) is 17.0 Å². The van der Waals surface area contributed by atoms with Crippen molar-refractivity contribution in [3.8, 4) is 0 Å². The zero-order valence-corrected chi connectivity index (χ0v) is 20.7. The molecule has 2 rings (SSSR count). The minimum absolute atomic E-state index is 0. The molecule has 10 heteroatoms. The number of rotatable bonds is 7. The average molecular weight is 549 g/mol. The SMILES string of the molecule is CCOC(=O)N1CCC(NC(=NCC(=O)N(C)C)NCCc2cccc(F)c2)CC1.I. The minimum atomic E-state index is -0.283. The fraction of sp³-hybridized carbons (Fsp3) is 0.571. The van der Waals surface area contributed by atoms with Crippen LogP contribution in [0.2, 0.25) is 0 Å². The molecule has 2 N–H and O–H groups in total. The number of likely N-dealkylation sites (tertiary alicyclic amines) is 1. The molecule has 1 heterocycles. The average Bonchev–Trinajstić information content (AvgIpc) is 2.72. The van der Waals surface area contributed by atoms with Crippen LogP contribution in [0.5, 0.6) is 0 Å². The molecule has 1 fully saturated rings. The molecule has 0 radical (unpaired) electrons. The number of likely N-dealkylation sites (N-methyl/N-ethyl adjacent to an activating group) is 1. The second-order valence-corrected chi connectivity index (χ2v) is 7.36. The summed E-state index contributed by atoms with van der Waals surface area (Å²) in [4.78, 5) is 31.3. The highest BCUT2D eigenvalue weighted by atomic mass is 127. The smallest absolute Gasteiger partial charge is 0.409 e. The molecule has 0 atom stereocenters. The highest BCUT2D eigenvalue weighted by Gasteiger charge is 2.24. The molecular weight excluding hydrogens is 516 g/mol. The maximum absolute atomic E-state index is 13.3. The largest absolute Gasteiger partial charge is 0.450 e. The number of aliphatic imine (C=N–C) groups is 1. The highest BCUT2D eigenvalue weighted by molar-refractivity contribution is 14.0. The summed E-state index contributed by atoms with van der Waals surface area (Å²) in [5.74, 6) is 0.180. The van der Waals surface area contributed by atoms with Crippen molar-refractivity contribution >= 4 is 41.9 Å². The Morgan fingerprint density at radius 2 is 2.00 bits per heavy atom. The van der Waals surface area contributed by atoms with Gasteiger partial charge in [0.25, 0.3) is 0 Å². The van der Waals surface area contributed by atoms with Gasteiger partial charge in [-0.1, -0.05) is 12.1 Å². The number of carbonyl (C=O) groups excluding carboxylic acids is 2. The van der Waals surface area contributed by atoms with Gasteiger partial charge in [0.15, 0.2) is 5.96 Å². The molecule has 2 amide bonds. The number of hydrogen-bond donors (Lipinski definition) is 2. The van der Waals surface area contributed by atoms with E-state index in [9.17, 15) is 14.0 Å². The minimum Gasteiger partial charge on any atom is -0.450 e. The van der Waals surface area contributed by atoms with Crippen molar-refractivity contribution in [2.45, 2.75) is 32.2 Å². The van der Waals surface area contributed by atoms with Crippen LogP contribution in [0.15, 0.2) is 29.3 Å². The van der Waals surface area contributed by atoms with Crippen LogP contribution >= 0.6 is 24.0 Å². The van der Waals surface area contributed by atoms with Crippen LogP contribution in [0.25, 0.3) is 0 Å². The molecule has 1 aliphatic heterocycles. The van der Waals surface area contributed by atoms with Crippen molar-refractivity contribution < 1.29 is 18.7 Å². The van der Waals surface area contributed by atoms with E-state index < -0.39 is 0 Å². The number of halogens is 2. The lowest BCUT2D eigenvalue weighted by Crippen LogP contribution is -2.50. The molecule has 0 aromatic heterocycles. The van der Waals surface area contributed by atoms with E-state index in [-0.39, 0.29) is 54.4 Å². The molecule has 0 bridgehead atoms. The fourth-order valence-corrected chi connectivity index (χ4v) is 3.07. The van der Waals surface area contributed by atoms with Gasteiger partial charge in [-0.15, -0.1) is 24.0 Å². The van der Waals surface area contributed by atoms with Crippen LogP contribution in [-0.2, 0) is 16.0 Å². The summed E-state index contributed by atoms with van der Waals surface area (Å²) >= 11 is 0. The Kier molecular flexibility index (Phi) is 12.2. The van der Waals surface area contributed by atoms with Gasteiger partial charge in [-0.05, 0) is 43.9 Å². The Morgan fingerprint density at radius 3 is 2.61 bits per heavy atom. The molecule has 8 nitrogen and oxygen atoms in total. The van der Waals surface area contributed by atoms with Gasteiger partial charge in [0.1, 0.15) is 12.4 Å². The third-order valence-corrected chi connectivity index (χ3v) is 4.83. The molecule has 1 aromatic rings. The van der Waals surface area contributed by atoms with Gasteiger partial charge in [-0.3, -0.25) is 4.79 Å². The van der Waals surface area contributed by atoms with E-state index in [0.29, 0.717) is 38.6 Å². The topological polar surface area (TPSA) is 86.3 Å². The second kappa shape index (κ2) is 14.0. The normalized spacial score (nSPS) is 14.5.